The van der Waals surface area contributed by atoms with Crippen molar-refractivity contribution in [3.8, 4) is 5.75 Å². The van der Waals surface area contributed by atoms with Gasteiger partial charge in [0.1, 0.15) is 12.4 Å². The molecule has 0 bridgehead atoms. The molecule has 0 amide bonds. The number of hydrogen-bond acceptors (Lipinski definition) is 4. The van der Waals surface area contributed by atoms with Crippen molar-refractivity contribution in [2.75, 3.05) is 30.8 Å². The fraction of sp³-hybridized carbons (Fsp3) is 0.214. The van der Waals surface area contributed by atoms with Crippen LogP contribution in [0.4, 0.5) is 20.4 Å². The van der Waals surface area contributed by atoms with Gasteiger partial charge in [-0.15, -0.1) is 0 Å². The molecule has 4 nitrogen and oxygen atoms in total. The molecule has 1 aromatic carbocycles. The third kappa shape index (κ3) is 3.57. The van der Waals surface area contributed by atoms with Gasteiger partial charge in [0.05, 0.1) is 6.54 Å². The van der Waals surface area contributed by atoms with E-state index in [1.54, 1.807) is 0 Å². The maximum atomic E-state index is 13.5. The normalized spacial score (nSPS) is 10.2. The summed E-state index contributed by atoms with van der Waals surface area (Å²) >= 11 is 0. The minimum absolute atomic E-state index is 0.00197. The maximum Gasteiger partial charge on any atom is 0.168 e. The van der Waals surface area contributed by atoms with E-state index in [2.05, 4.69) is 15.6 Å². The van der Waals surface area contributed by atoms with Gasteiger partial charge in [-0.3, -0.25) is 0 Å². The van der Waals surface area contributed by atoms with E-state index >= 15 is 0 Å². The molecule has 0 saturated heterocycles. The van der Waals surface area contributed by atoms with Gasteiger partial charge >= 0.3 is 0 Å². The highest BCUT2D eigenvalue weighted by atomic mass is 19.1. The zero-order valence-corrected chi connectivity index (χ0v) is 11.0. The average molecular weight is 279 g/mol. The molecule has 0 atom stereocenters. The highest BCUT2D eigenvalue weighted by molar-refractivity contribution is 5.47. The maximum absolute atomic E-state index is 13.5. The first-order valence-corrected chi connectivity index (χ1v) is 6.16. The molecule has 6 heteroatoms. The van der Waals surface area contributed by atoms with Crippen molar-refractivity contribution in [1.29, 1.82) is 0 Å². The van der Waals surface area contributed by atoms with Gasteiger partial charge in [-0.25, -0.2) is 13.8 Å². The smallest absolute Gasteiger partial charge is 0.168 e. The van der Waals surface area contributed by atoms with Crippen LogP contribution in [0.25, 0.3) is 0 Å². The van der Waals surface area contributed by atoms with Crippen molar-refractivity contribution in [2.24, 2.45) is 0 Å². The van der Waals surface area contributed by atoms with Crippen LogP contribution in [-0.2, 0) is 0 Å². The number of ether oxygens (including phenoxy) is 1. The predicted octanol–water partition coefficient (Wildman–Crippen LogP) is 2.89. The van der Waals surface area contributed by atoms with Crippen LogP contribution in [0.5, 0.6) is 5.75 Å². The highest BCUT2D eigenvalue weighted by Crippen LogP contribution is 2.18. The number of rotatable bonds is 6. The van der Waals surface area contributed by atoms with Gasteiger partial charge in [-0.2, -0.15) is 0 Å². The molecule has 0 radical (unpaired) electrons. The van der Waals surface area contributed by atoms with Crippen LogP contribution >= 0.6 is 0 Å². The summed E-state index contributed by atoms with van der Waals surface area (Å²) < 4.78 is 32.2. The Kier molecular flexibility index (Phi) is 4.70. The zero-order chi connectivity index (χ0) is 14.4. The predicted molar refractivity (Wildman–Crippen MR) is 74.1 cm³/mol. The van der Waals surface area contributed by atoms with Crippen LogP contribution in [0, 0.1) is 11.6 Å². The first kappa shape index (κ1) is 14.0. The topological polar surface area (TPSA) is 46.2 Å². The molecule has 0 unspecified atom stereocenters. The molecule has 2 rings (SSSR count). The Balaban J connectivity index is 1.88. The van der Waals surface area contributed by atoms with Crippen molar-refractivity contribution in [3.63, 3.8) is 0 Å². The second-order valence-electron chi connectivity index (χ2n) is 3.99. The lowest BCUT2D eigenvalue weighted by molar-refractivity contribution is 0.332. The molecule has 2 aromatic rings. The van der Waals surface area contributed by atoms with E-state index in [-0.39, 0.29) is 11.6 Å². The number of pyridine rings is 1. The lowest BCUT2D eigenvalue weighted by Crippen LogP contribution is -2.14. The fourth-order valence-corrected chi connectivity index (χ4v) is 1.62. The van der Waals surface area contributed by atoms with Crippen molar-refractivity contribution in [1.82, 2.24) is 4.98 Å². The van der Waals surface area contributed by atoms with Gasteiger partial charge in [0.25, 0.3) is 0 Å². The second kappa shape index (κ2) is 6.70. The van der Waals surface area contributed by atoms with E-state index in [9.17, 15) is 8.78 Å². The quantitative estimate of drug-likeness (QED) is 0.798. The summed E-state index contributed by atoms with van der Waals surface area (Å²) in [7, 11) is 1.52. The molecule has 106 valence electrons. The number of benzene rings is 1. The Morgan fingerprint density at radius 1 is 1.10 bits per heavy atom. The average Bonchev–Trinajstić information content (AvgIpc) is 2.46. The first-order valence-electron chi connectivity index (χ1n) is 6.16. The molecule has 1 aromatic heterocycles. The Labute approximate surface area is 115 Å². The summed E-state index contributed by atoms with van der Waals surface area (Å²) in [6, 6.07) is 10.1. The first-order chi connectivity index (χ1) is 9.70. The molecular formula is C14H15F2N3O. The van der Waals surface area contributed by atoms with Gasteiger partial charge in [-0.05, 0) is 12.1 Å². The van der Waals surface area contributed by atoms with Crippen LogP contribution < -0.4 is 15.4 Å². The Morgan fingerprint density at radius 3 is 2.50 bits per heavy atom. The summed E-state index contributed by atoms with van der Waals surface area (Å²) in [5.41, 5.74) is 0. The molecule has 0 aliphatic carbocycles. The lowest BCUT2D eigenvalue weighted by atomic mass is 10.3. The van der Waals surface area contributed by atoms with Crippen LogP contribution in [0.15, 0.2) is 36.4 Å². The van der Waals surface area contributed by atoms with Gasteiger partial charge in [0, 0.05) is 13.1 Å². The molecule has 1 heterocycles. The van der Waals surface area contributed by atoms with Crippen molar-refractivity contribution in [2.45, 2.75) is 0 Å². The van der Waals surface area contributed by atoms with Crippen molar-refractivity contribution < 1.29 is 13.5 Å². The van der Waals surface area contributed by atoms with Gasteiger partial charge < -0.3 is 15.4 Å². The fourth-order valence-electron chi connectivity index (χ4n) is 1.62. The Morgan fingerprint density at radius 2 is 1.80 bits per heavy atom. The van der Waals surface area contributed by atoms with E-state index in [0.717, 1.165) is 11.8 Å². The van der Waals surface area contributed by atoms with Crippen LogP contribution in [0.2, 0.25) is 0 Å². The molecule has 0 aliphatic heterocycles. The number of nitrogens with one attached hydrogen (secondary N) is 2. The number of nitrogens with zero attached hydrogens (tertiary/aromatic N) is 1. The summed E-state index contributed by atoms with van der Waals surface area (Å²) in [5, 5.41) is 5.32. The molecule has 0 fully saturated rings. The lowest BCUT2D eigenvalue weighted by Gasteiger charge is -2.10. The SMILES string of the molecule is CNc1nc(NCCOc2ccccc2)c(F)cc1F. The van der Waals surface area contributed by atoms with Crippen molar-refractivity contribution in [3.05, 3.63) is 48.0 Å². The molecule has 2 N–H and O–H groups in total. The van der Waals surface area contributed by atoms with Crippen LogP contribution in [-0.4, -0.2) is 25.2 Å². The number of halogens is 2. The van der Waals surface area contributed by atoms with E-state index in [4.69, 9.17) is 4.74 Å². The minimum Gasteiger partial charge on any atom is -0.492 e. The largest absolute Gasteiger partial charge is 0.492 e. The molecular weight excluding hydrogens is 264 g/mol. The summed E-state index contributed by atoms with van der Waals surface area (Å²) in [6.45, 7) is 0.699. The Bertz CT molecular complexity index is 564. The zero-order valence-electron chi connectivity index (χ0n) is 11.0. The molecule has 0 aliphatic rings. The third-order valence-corrected chi connectivity index (χ3v) is 2.57. The highest BCUT2D eigenvalue weighted by Gasteiger charge is 2.10. The number of aromatic nitrogens is 1. The summed E-state index contributed by atoms with van der Waals surface area (Å²) in [4.78, 5) is 3.81. The molecule has 20 heavy (non-hydrogen) atoms. The van der Waals surface area contributed by atoms with E-state index in [1.807, 2.05) is 30.3 Å². The monoisotopic (exact) mass is 279 g/mol. The number of hydrogen-bond donors (Lipinski definition) is 2. The number of anilines is 2. The summed E-state index contributed by atoms with van der Waals surface area (Å²) in [6.07, 6.45) is 0. The van der Waals surface area contributed by atoms with Crippen LogP contribution in [0.3, 0.4) is 0 Å². The van der Waals surface area contributed by atoms with Gasteiger partial charge in [0.2, 0.25) is 0 Å². The van der Waals surface area contributed by atoms with Gasteiger partial charge in [0.15, 0.2) is 23.3 Å². The molecule has 0 spiro atoms. The third-order valence-electron chi connectivity index (χ3n) is 2.57. The van der Waals surface area contributed by atoms with E-state index in [0.29, 0.717) is 13.2 Å². The standard InChI is InChI=1S/C14H15F2N3O/c1-17-13-11(15)9-12(16)14(19-13)18-7-8-20-10-5-3-2-4-6-10/h2-6,9H,7-8H2,1H3,(H2,17,18,19). The molecule has 0 saturated carbocycles. The van der Waals surface area contributed by atoms with Gasteiger partial charge in [-0.1, -0.05) is 18.2 Å². The summed E-state index contributed by atoms with van der Waals surface area (Å²) in [5.74, 6) is -0.736. The van der Waals surface area contributed by atoms with Crippen LogP contribution in [0.1, 0.15) is 0 Å². The Hall–Kier alpha value is -2.37. The van der Waals surface area contributed by atoms with Crippen molar-refractivity contribution >= 4 is 11.6 Å². The number of para-hydroxylation sites is 1. The van der Waals surface area contributed by atoms with E-state index < -0.39 is 11.6 Å². The van der Waals surface area contributed by atoms with E-state index in [1.165, 1.54) is 7.05 Å². The second-order valence-corrected chi connectivity index (χ2v) is 3.99. The minimum atomic E-state index is -0.735.